The summed E-state index contributed by atoms with van der Waals surface area (Å²) in [5, 5.41) is 0. The summed E-state index contributed by atoms with van der Waals surface area (Å²) < 4.78 is 4.79. The number of hydrogen-bond donors (Lipinski definition) is 0. The molecule has 0 aromatic heterocycles. The Morgan fingerprint density at radius 1 is 1.38 bits per heavy atom. The van der Waals surface area contributed by atoms with Gasteiger partial charge in [-0.2, -0.15) is 11.8 Å². The van der Waals surface area contributed by atoms with E-state index in [1.165, 1.54) is 11.8 Å². The Bertz CT molecular complexity index is 162. The molecule has 0 bridgehead atoms. The molecule has 0 aliphatic carbocycles. The van der Waals surface area contributed by atoms with Crippen LogP contribution in [-0.4, -0.2) is 30.4 Å². The van der Waals surface area contributed by atoms with Crippen molar-refractivity contribution in [3.8, 4) is 0 Å². The van der Waals surface area contributed by atoms with Gasteiger partial charge in [-0.05, 0) is 19.6 Å². The van der Waals surface area contributed by atoms with Crippen molar-refractivity contribution in [2.45, 2.75) is 20.3 Å². The van der Waals surface area contributed by atoms with Crippen molar-refractivity contribution in [1.82, 2.24) is 0 Å². The molecule has 0 aliphatic rings. The topological polar surface area (TPSA) is 43.4 Å². The number of thioether (sulfide) groups is 1. The lowest BCUT2D eigenvalue weighted by Gasteiger charge is -2.11. The zero-order valence-corrected chi connectivity index (χ0v) is 9.15. The summed E-state index contributed by atoms with van der Waals surface area (Å²) >= 11 is 1.43. The molecular formula is C9H16O3S. The Labute approximate surface area is 83.2 Å². The Balaban J connectivity index is 4.15. The van der Waals surface area contributed by atoms with Crippen LogP contribution in [0, 0.1) is 5.92 Å². The molecule has 4 heteroatoms. The van der Waals surface area contributed by atoms with Crippen LogP contribution in [0.25, 0.3) is 0 Å². The molecule has 0 fully saturated rings. The van der Waals surface area contributed by atoms with Crippen molar-refractivity contribution < 1.29 is 14.3 Å². The lowest BCUT2D eigenvalue weighted by atomic mass is 10.0. The van der Waals surface area contributed by atoms with Crippen molar-refractivity contribution >= 4 is 23.5 Å². The highest BCUT2D eigenvalue weighted by molar-refractivity contribution is 7.99. The van der Waals surface area contributed by atoms with Crippen molar-refractivity contribution in [3.05, 3.63) is 0 Å². The van der Waals surface area contributed by atoms with E-state index in [-0.39, 0.29) is 11.8 Å². The maximum atomic E-state index is 11.4. The number of hydrogen-bond acceptors (Lipinski definition) is 4. The van der Waals surface area contributed by atoms with Crippen molar-refractivity contribution in [2.75, 3.05) is 18.6 Å². The Morgan fingerprint density at radius 2 is 2.00 bits per heavy atom. The van der Waals surface area contributed by atoms with Crippen LogP contribution in [-0.2, 0) is 14.3 Å². The summed E-state index contributed by atoms with van der Waals surface area (Å²) in [6.07, 6.45) is 2.37. The number of rotatable bonds is 6. The molecule has 3 nitrogen and oxygen atoms in total. The van der Waals surface area contributed by atoms with Crippen LogP contribution in [0.1, 0.15) is 20.3 Å². The second-order valence-electron chi connectivity index (χ2n) is 2.61. The summed E-state index contributed by atoms with van der Waals surface area (Å²) in [5.41, 5.74) is 0. The number of ether oxygens (including phenoxy) is 1. The minimum absolute atomic E-state index is 0.0338. The van der Waals surface area contributed by atoms with Crippen LogP contribution in [0.5, 0.6) is 0 Å². The number of ketones is 1. The Kier molecular flexibility index (Phi) is 6.68. The molecule has 0 radical (unpaired) electrons. The van der Waals surface area contributed by atoms with Gasteiger partial charge in [0.1, 0.15) is 5.92 Å². The average Bonchev–Trinajstić information content (AvgIpc) is 2.06. The van der Waals surface area contributed by atoms with Crippen LogP contribution in [0.15, 0.2) is 0 Å². The molecule has 0 N–H and O–H groups in total. The highest BCUT2D eigenvalue weighted by Crippen LogP contribution is 2.10. The molecule has 0 saturated carbocycles. The van der Waals surface area contributed by atoms with Gasteiger partial charge in [-0.1, -0.05) is 6.92 Å². The molecule has 76 valence electrons. The zero-order valence-electron chi connectivity index (χ0n) is 8.33. The smallest absolute Gasteiger partial charge is 0.316 e. The summed E-state index contributed by atoms with van der Waals surface area (Å²) in [6.45, 7) is 3.89. The second kappa shape index (κ2) is 6.95. The van der Waals surface area contributed by atoms with Crippen molar-refractivity contribution in [2.24, 2.45) is 5.92 Å². The zero-order chi connectivity index (χ0) is 10.3. The third kappa shape index (κ3) is 4.31. The summed E-state index contributed by atoms with van der Waals surface area (Å²) in [4.78, 5) is 22.6. The maximum absolute atomic E-state index is 11.4. The van der Waals surface area contributed by atoms with E-state index in [1.807, 2.05) is 13.2 Å². The van der Waals surface area contributed by atoms with Gasteiger partial charge in [0.05, 0.1) is 12.4 Å². The molecule has 1 atom stereocenters. The molecule has 0 aromatic carbocycles. The van der Waals surface area contributed by atoms with Gasteiger partial charge in [0.25, 0.3) is 0 Å². The van der Waals surface area contributed by atoms with Gasteiger partial charge in [0.15, 0.2) is 5.78 Å². The van der Waals surface area contributed by atoms with Gasteiger partial charge in [0.2, 0.25) is 0 Å². The standard InChI is InChI=1S/C9H16O3S/c1-4-7(8(10)6-13-3)9(11)12-5-2/h7H,4-6H2,1-3H3. The molecule has 0 rings (SSSR count). The molecule has 0 saturated heterocycles. The quantitative estimate of drug-likeness (QED) is 0.486. The first kappa shape index (κ1) is 12.5. The minimum atomic E-state index is -0.563. The molecule has 0 aromatic rings. The molecular weight excluding hydrogens is 188 g/mol. The normalized spacial score (nSPS) is 12.2. The van der Waals surface area contributed by atoms with Gasteiger partial charge in [-0.25, -0.2) is 0 Å². The molecule has 0 spiro atoms. The van der Waals surface area contributed by atoms with Gasteiger partial charge in [-0.15, -0.1) is 0 Å². The van der Waals surface area contributed by atoms with Crippen LogP contribution in [0.4, 0.5) is 0 Å². The third-order valence-corrected chi connectivity index (χ3v) is 2.23. The fourth-order valence-electron chi connectivity index (χ4n) is 1.01. The highest BCUT2D eigenvalue weighted by Gasteiger charge is 2.24. The molecule has 0 aliphatic heterocycles. The monoisotopic (exact) mass is 204 g/mol. The first-order chi connectivity index (χ1) is 6.17. The fourth-order valence-corrected chi connectivity index (χ4v) is 1.50. The van der Waals surface area contributed by atoms with Crippen LogP contribution >= 0.6 is 11.8 Å². The number of carbonyl (C=O) groups is 2. The fraction of sp³-hybridized carbons (Fsp3) is 0.778. The van der Waals surface area contributed by atoms with Crippen LogP contribution in [0.3, 0.4) is 0 Å². The molecule has 13 heavy (non-hydrogen) atoms. The van der Waals surface area contributed by atoms with E-state index in [1.54, 1.807) is 6.92 Å². The van der Waals surface area contributed by atoms with Gasteiger partial charge in [-0.3, -0.25) is 9.59 Å². The van der Waals surface area contributed by atoms with E-state index in [4.69, 9.17) is 4.74 Å². The van der Waals surface area contributed by atoms with E-state index in [9.17, 15) is 9.59 Å². The van der Waals surface area contributed by atoms with Crippen molar-refractivity contribution in [1.29, 1.82) is 0 Å². The lowest BCUT2D eigenvalue weighted by molar-refractivity contribution is -0.151. The Morgan fingerprint density at radius 3 is 2.38 bits per heavy atom. The van der Waals surface area contributed by atoms with E-state index in [0.717, 1.165) is 0 Å². The van der Waals surface area contributed by atoms with E-state index in [2.05, 4.69) is 0 Å². The van der Waals surface area contributed by atoms with E-state index >= 15 is 0 Å². The van der Waals surface area contributed by atoms with Gasteiger partial charge in [0, 0.05) is 0 Å². The van der Waals surface area contributed by atoms with E-state index in [0.29, 0.717) is 18.8 Å². The highest BCUT2D eigenvalue weighted by atomic mass is 32.2. The minimum Gasteiger partial charge on any atom is -0.465 e. The first-order valence-electron chi connectivity index (χ1n) is 4.35. The van der Waals surface area contributed by atoms with E-state index < -0.39 is 5.92 Å². The summed E-state index contributed by atoms with van der Waals surface area (Å²) in [5.74, 6) is -0.595. The largest absolute Gasteiger partial charge is 0.465 e. The van der Waals surface area contributed by atoms with Crippen LogP contribution in [0.2, 0.25) is 0 Å². The summed E-state index contributed by atoms with van der Waals surface area (Å²) in [7, 11) is 0. The predicted molar refractivity (Wildman–Crippen MR) is 53.8 cm³/mol. The molecule has 0 heterocycles. The second-order valence-corrected chi connectivity index (χ2v) is 3.48. The predicted octanol–water partition coefficient (Wildman–Crippen LogP) is 1.51. The SMILES string of the molecule is CCOC(=O)C(CC)C(=O)CSC. The number of esters is 1. The Hall–Kier alpha value is -0.510. The van der Waals surface area contributed by atoms with Crippen molar-refractivity contribution in [3.63, 3.8) is 0 Å². The lowest BCUT2D eigenvalue weighted by Crippen LogP contribution is -2.26. The van der Waals surface area contributed by atoms with Gasteiger partial charge >= 0.3 is 5.97 Å². The third-order valence-electron chi connectivity index (χ3n) is 1.65. The van der Waals surface area contributed by atoms with Gasteiger partial charge < -0.3 is 4.74 Å². The summed E-state index contributed by atoms with van der Waals surface area (Å²) in [6, 6.07) is 0. The number of Topliss-reactive ketones (excluding diaryl/α,β-unsaturated/α-hetero) is 1. The molecule has 1 unspecified atom stereocenters. The first-order valence-corrected chi connectivity index (χ1v) is 5.75. The number of carbonyl (C=O) groups excluding carboxylic acids is 2. The maximum Gasteiger partial charge on any atom is 0.316 e. The van der Waals surface area contributed by atoms with Crippen LogP contribution < -0.4 is 0 Å². The average molecular weight is 204 g/mol. The molecule has 0 amide bonds.